The second-order valence-corrected chi connectivity index (χ2v) is 7.15. The molecule has 0 aromatic carbocycles. The van der Waals surface area contributed by atoms with Gasteiger partial charge in [-0.1, -0.05) is 53.9 Å². The van der Waals surface area contributed by atoms with Crippen LogP contribution in [0.5, 0.6) is 0 Å². The highest BCUT2D eigenvalue weighted by molar-refractivity contribution is 5.70. The van der Waals surface area contributed by atoms with E-state index in [1.807, 2.05) is 0 Å². The molecule has 0 aliphatic carbocycles. The molecule has 0 aliphatic heterocycles. The van der Waals surface area contributed by atoms with Crippen LogP contribution in [0.3, 0.4) is 0 Å². The summed E-state index contributed by atoms with van der Waals surface area (Å²) in [6.45, 7) is 10.7. The molecule has 0 amide bonds. The Balaban J connectivity index is 4.60. The Bertz CT molecular complexity index is 339. The van der Waals surface area contributed by atoms with E-state index < -0.39 is 11.6 Å². The lowest BCUT2D eigenvalue weighted by molar-refractivity contribution is -0.174. The average Bonchev–Trinajstić information content (AvgIpc) is 2.46. The highest BCUT2D eigenvalue weighted by Gasteiger charge is 2.40. The third-order valence-electron chi connectivity index (χ3n) is 4.70. The molecular formula is C19H36O4. The van der Waals surface area contributed by atoms with E-state index >= 15 is 0 Å². The molecular weight excluding hydrogens is 292 g/mol. The van der Waals surface area contributed by atoms with Gasteiger partial charge in [0.05, 0.1) is 0 Å². The standard InChI is InChI=1S/C19H36O4/c1-6-7-8-11-14-19(15(2)3,16(4)5)23-18(22)13-10-9-12-17(20)21/h15-16H,6-14H2,1-5H3,(H,20,21). The second kappa shape index (κ2) is 11.5. The molecule has 0 fully saturated rings. The van der Waals surface area contributed by atoms with Gasteiger partial charge in [-0.25, -0.2) is 0 Å². The number of unbranched alkanes of at least 4 members (excludes halogenated alkanes) is 4. The average molecular weight is 328 g/mol. The fourth-order valence-electron chi connectivity index (χ4n) is 3.17. The van der Waals surface area contributed by atoms with E-state index in [2.05, 4.69) is 34.6 Å². The molecule has 0 aliphatic rings. The van der Waals surface area contributed by atoms with Gasteiger partial charge in [0.1, 0.15) is 5.60 Å². The molecule has 0 radical (unpaired) electrons. The molecule has 0 saturated carbocycles. The quantitative estimate of drug-likeness (QED) is 0.373. The molecule has 4 heteroatoms. The Kier molecular flexibility index (Phi) is 10.9. The van der Waals surface area contributed by atoms with Crippen LogP contribution >= 0.6 is 0 Å². The summed E-state index contributed by atoms with van der Waals surface area (Å²) in [6, 6.07) is 0. The molecule has 0 aromatic rings. The number of hydrogen-bond donors (Lipinski definition) is 1. The van der Waals surface area contributed by atoms with Gasteiger partial charge < -0.3 is 9.84 Å². The zero-order valence-corrected chi connectivity index (χ0v) is 15.7. The van der Waals surface area contributed by atoms with Crippen molar-refractivity contribution in [2.24, 2.45) is 11.8 Å². The van der Waals surface area contributed by atoms with Crippen LogP contribution in [-0.4, -0.2) is 22.6 Å². The molecule has 0 atom stereocenters. The number of carboxylic acids is 1. The summed E-state index contributed by atoms with van der Waals surface area (Å²) in [5.74, 6) is -0.458. The Morgan fingerprint density at radius 3 is 1.96 bits per heavy atom. The minimum absolute atomic E-state index is 0.115. The third-order valence-corrected chi connectivity index (χ3v) is 4.70. The molecule has 0 unspecified atom stereocenters. The first-order valence-electron chi connectivity index (χ1n) is 9.19. The summed E-state index contributed by atoms with van der Waals surface area (Å²) in [6.07, 6.45) is 7.10. The van der Waals surface area contributed by atoms with Gasteiger partial charge in [0.15, 0.2) is 0 Å². The Hall–Kier alpha value is -1.06. The number of carbonyl (C=O) groups excluding carboxylic acids is 1. The van der Waals surface area contributed by atoms with Crippen molar-refractivity contribution < 1.29 is 19.4 Å². The van der Waals surface area contributed by atoms with Gasteiger partial charge in [-0.05, 0) is 37.5 Å². The fourth-order valence-corrected chi connectivity index (χ4v) is 3.17. The maximum atomic E-state index is 12.2. The summed E-state index contributed by atoms with van der Waals surface area (Å²) < 4.78 is 5.96. The van der Waals surface area contributed by atoms with E-state index in [0.29, 0.717) is 19.3 Å². The van der Waals surface area contributed by atoms with Gasteiger partial charge in [0, 0.05) is 12.8 Å². The highest BCUT2D eigenvalue weighted by Crippen LogP contribution is 2.36. The van der Waals surface area contributed by atoms with E-state index in [-0.39, 0.29) is 24.2 Å². The molecule has 4 nitrogen and oxygen atoms in total. The molecule has 0 saturated heterocycles. The first-order chi connectivity index (χ1) is 10.8. The van der Waals surface area contributed by atoms with Crippen molar-refractivity contribution in [2.75, 3.05) is 0 Å². The zero-order valence-electron chi connectivity index (χ0n) is 15.7. The molecule has 0 bridgehead atoms. The normalized spacial score (nSPS) is 12.0. The van der Waals surface area contributed by atoms with Crippen molar-refractivity contribution in [3.8, 4) is 0 Å². The van der Waals surface area contributed by atoms with Crippen molar-refractivity contribution in [1.82, 2.24) is 0 Å². The smallest absolute Gasteiger partial charge is 0.306 e. The van der Waals surface area contributed by atoms with Crippen molar-refractivity contribution in [1.29, 1.82) is 0 Å². The van der Waals surface area contributed by atoms with Crippen LogP contribution in [0.4, 0.5) is 0 Å². The van der Waals surface area contributed by atoms with Crippen molar-refractivity contribution in [3.63, 3.8) is 0 Å². The number of ether oxygens (including phenoxy) is 1. The van der Waals surface area contributed by atoms with Gasteiger partial charge in [-0.15, -0.1) is 0 Å². The van der Waals surface area contributed by atoms with Crippen LogP contribution in [0.25, 0.3) is 0 Å². The van der Waals surface area contributed by atoms with Crippen LogP contribution in [0.15, 0.2) is 0 Å². The van der Waals surface area contributed by atoms with Gasteiger partial charge in [-0.3, -0.25) is 9.59 Å². The lowest BCUT2D eigenvalue weighted by Crippen LogP contribution is -2.45. The molecule has 0 spiro atoms. The Labute approximate surface area is 142 Å². The lowest BCUT2D eigenvalue weighted by atomic mass is 9.76. The van der Waals surface area contributed by atoms with E-state index in [0.717, 1.165) is 12.8 Å². The van der Waals surface area contributed by atoms with Crippen molar-refractivity contribution in [2.45, 2.75) is 98.0 Å². The largest absolute Gasteiger partial charge is 0.481 e. The SMILES string of the molecule is CCCCCCC(OC(=O)CCCCC(=O)O)(C(C)C)C(C)C. The fraction of sp³-hybridized carbons (Fsp3) is 0.895. The number of carbonyl (C=O) groups is 2. The van der Waals surface area contributed by atoms with Gasteiger partial charge in [-0.2, -0.15) is 0 Å². The molecule has 0 aromatic heterocycles. The summed E-state index contributed by atoms with van der Waals surface area (Å²) >= 11 is 0. The van der Waals surface area contributed by atoms with E-state index in [4.69, 9.17) is 9.84 Å². The topological polar surface area (TPSA) is 63.6 Å². The number of carboxylic acid groups (broad SMARTS) is 1. The summed E-state index contributed by atoms with van der Waals surface area (Å²) in [5, 5.41) is 8.64. The molecule has 0 heterocycles. The van der Waals surface area contributed by atoms with Crippen molar-refractivity contribution in [3.05, 3.63) is 0 Å². The second-order valence-electron chi connectivity index (χ2n) is 7.15. The first-order valence-corrected chi connectivity index (χ1v) is 9.19. The molecule has 1 N–H and O–H groups in total. The number of rotatable bonds is 13. The predicted octanol–water partition coefficient (Wildman–Crippen LogP) is 5.20. The first kappa shape index (κ1) is 21.9. The third kappa shape index (κ3) is 8.38. The van der Waals surface area contributed by atoms with Crippen LogP contribution in [0.2, 0.25) is 0 Å². The van der Waals surface area contributed by atoms with Crippen LogP contribution in [0.1, 0.15) is 92.4 Å². The van der Waals surface area contributed by atoms with Gasteiger partial charge in [0.25, 0.3) is 0 Å². The maximum Gasteiger partial charge on any atom is 0.306 e. The monoisotopic (exact) mass is 328 g/mol. The molecule has 0 rings (SSSR count). The summed E-state index contributed by atoms with van der Waals surface area (Å²) in [7, 11) is 0. The maximum absolute atomic E-state index is 12.2. The van der Waals surface area contributed by atoms with Gasteiger partial charge in [0.2, 0.25) is 0 Å². The Morgan fingerprint density at radius 1 is 0.913 bits per heavy atom. The van der Waals surface area contributed by atoms with Crippen LogP contribution in [-0.2, 0) is 14.3 Å². The van der Waals surface area contributed by atoms with Crippen LogP contribution < -0.4 is 0 Å². The van der Waals surface area contributed by atoms with E-state index in [9.17, 15) is 9.59 Å². The molecule has 23 heavy (non-hydrogen) atoms. The predicted molar refractivity (Wildman–Crippen MR) is 93.4 cm³/mol. The zero-order chi connectivity index (χ0) is 17.9. The summed E-state index contributed by atoms with van der Waals surface area (Å²) in [5.41, 5.74) is -0.405. The number of esters is 1. The van der Waals surface area contributed by atoms with E-state index in [1.165, 1.54) is 19.3 Å². The Morgan fingerprint density at radius 2 is 1.48 bits per heavy atom. The minimum atomic E-state index is -0.812. The number of aliphatic carboxylic acids is 1. The van der Waals surface area contributed by atoms with Crippen molar-refractivity contribution >= 4 is 11.9 Å². The lowest BCUT2D eigenvalue weighted by Gasteiger charge is -2.41. The highest BCUT2D eigenvalue weighted by atomic mass is 16.6. The van der Waals surface area contributed by atoms with Crippen LogP contribution in [0, 0.1) is 11.8 Å². The van der Waals surface area contributed by atoms with E-state index in [1.54, 1.807) is 0 Å². The van der Waals surface area contributed by atoms with Gasteiger partial charge >= 0.3 is 11.9 Å². The summed E-state index contributed by atoms with van der Waals surface area (Å²) in [4.78, 5) is 22.7. The number of hydrogen-bond acceptors (Lipinski definition) is 3. The molecule has 136 valence electrons. The minimum Gasteiger partial charge on any atom is -0.481 e.